The van der Waals surface area contributed by atoms with Gasteiger partial charge in [0, 0.05) is 43.4 Å². The Morgan fingerprint density at radius 3 is 1.90 bits per heavy atom. The van der Waals surface area contributed by atoms with Crippen molar-refractivity contribution in [1.29, 1.82) is 0 Å². The number of esters is 1. The Hall–Kier alpha value is -7.40. The number of benzene rings is 3. The molecule has 1 amide bonds. The SMILES string of the molecule is CC1OC(O[C@H]2/C=C/C=C/C=C/C=C/C=C/C=C/C=C/[C@H](C)[C@@H](O)[C@@H](C)[C@H](C)OC(=O)C[C@H](O)C[C@H](O)CC[C@@H](O)[C@H](O)C[C@H](O)C[C@]3(O)C[C@H](O)[C@@H](C(=O)On4nnc5ccccc5c4=O)[C@H](C2)O3)C(O)C(NC(=O)OCC2c3ccccc3-c3ccccc32)C1O. The van der Waals surface area contributed by atoms with Crippen molar-refractivity contribution >= 4 is 28.9 Å². The second-order valence-corrected chi connectivity index (χ2v) is 24.3. The minimum absolute atomic E-state index is 0.0351. The molecule has 11 N–H and O–H groups in total. The lowest BCUT2D eigenvalue weighted by Crippen LogP contribution is -2.64. The highest BCUT2D eigenvalue weighted by Crippen LogP contribution is 2.45. The van der Waals surface area contributed by atoms with E-state index in [1.807, 2.05) is 61.5 Å². The van der Waals surface area contributed by atoms with E-state index in [4.69, 9.17) is 28.5 Å². The lowest BCUT2D eigenvalue weighted by atomic mass is 9.82. The van der Waals surface area contributed by atoms with Gasteiger partial charge in [-0.3, -0.25) is 9.59 Å². The Bertz CT molecular complexity index is 3380. The number of carbonyl (C=O) groups is 3. The van der Waals surface area contributed by atoms with Crippen LogP contribution in [0, 0.1) is 17.8 Å². The van der Waals surface area contributed by atoms with Crippen LogP contribution >= 0.6 is 0 Å². The van der Waals surface area contributed by atoms with Gasteiger partial charge in [0.05, 0.1) is 78.9 Å². The molecular formula is C69H86N4O20. The van der Waals surface area contributed by atoms with Crippen LogP contribution in [0.3, 0.4) is 0 Å². The van der Waals surface area contributed by atoms with E-state index in [2.05, 4.69) is 15.6 Å². The molecule has 3 aromatic carbocycles. The molecule has 0 radical (unpaired) electrons. The number of alkyl carbamates (subject to hydrolysis) is 1. The molecule has 24 heteroatoms. The van der Waals surface area contributed by atoms with E-state index < -0.39 is 165 Å². The summed E-state index contributed by atoms with van der Waals surface area (Å²) in [6.45, 7) is 6.59. The van der Waals surface area contributed by atoms with Gasteiger partial charge in [0.25, 0.3) is 0 Å². The molecule has 4 heterocycles. The Labute approximate surface area is 538 Å². The molecule has 2 saturated heterocycles. The molecule has 5 unspecified atom stereocenters. The highest BCUT2D eigenvalue weighted by Gasteiger charge is 2.52. The van der Waals surface area contributed by atoms with Crippen LogP contribution in [0.5, 0.6) is 0 Å². The van der Waals surface area contributed by atoms with Gasteiger partial charge in [-0.25, -0.2) is 9.59 Å². The van der Waals surface area contributed by atoms with Crippen molar-refractivity contribution in [1.82, 2.24) is 20.5 Å². The number of aromatic nitrogens is 3. The molecule has 1 aliphatic carbocycles. The summed E-state index contributed by atoms with van der Waals surface area (Å²) in [6.07, 6.45) is -0.711. The van der Waals surface area contributed by atoms with Crippen molar-refractivity contribution in [2.45, 2.75) is 182 Å². The van der Waals surface area contributed by atoms with Crippen molar-refractivity contribution in [3.05, 3.63) is 179 Å². The van der Waals surface area contributed by atoms with Crippen molar-refractivity contribution in [3.8, 4) is 11.1 Å². The lowest BCUT2D eigenvalue weighted by molar-refractivity contribution is -0.309. The van der Waals surface area contributed by atoms with E-state index in [1.54, 1.807) is 98.9 Å². The van der Waals surface area contributed by atoms with Crippen LogP contribution in [0.1, 0.15) is 96.1 Å². The minimum atomic E-state index is -2.51. The smallest absolute Gasteiger partial charge is 0.407 e. The lowest BCUT2D eigenvalue weighted by Gasteiger charge is -2.45. The Morgan fingerprint density at radius 1 is 0.645 bits per heavy atom. The fourth-order valence-electron chi connectivity index (χ4n) is 12.0. The normalized spacial score (nSPS) is 35.7. The van der Waals surface area contributed by atoms with Gasteiger partial charge in [-0.1, -0.05) is 160 Å². The van der Waals surface area contributed by atoms with Gasteiger partial charge >= 0.3 is 23.6 Å². The summed E-state index contributed by atoms with van der Waals surface area (Å²) in [4.78, 5) is 60.3. The average molecular weight is 1290 g/mol. The number of hydrogen-bond acceptors (Lipinski definition) is 22. The zero-order valence-corrected chi connectivity index (χ0v) is 52.2. The Morgan fingerprint density at radius 2 is 1.25 bits per heavy atom. The van der Waals surface area contributed by atoms with Crippen molar-refractivity contribution < 1.29 is 94.0 Å². The topological polar surface area (TPSA) is 369 Å². The standard InChI is InChI=1S/C69H86N4O20/c1-40-23-15-13-11-9-7-5-6-8-10-12-14-16-24-47(91-67-64(83)61(63(82)43(4)90-67)70-68(86)88-39-53-50-27-19-17-25-48(50)49-26-18-20-28-51(49)53)36-58-60(66(85)93-73-65(84)52-29-21-22-30-54(52)71-72-73)57(79)38-69(87,92-58)37-46(76)34-56(78)55(77)32-31-44(74)33-45(75)35-59(80)89-42(3)41(2)62(40)81/h5-30,40-47,53,55-58,60-64,67,74-79,81-83,87H,31-39H2,1-4H3,(H,70,86)/b6-5+,9-7+,10-8+,13-11+,14-12+,23-15+,24-16+/t40-,41-,42-,43?,44+,45+,46-,47-,55+,56+,57-,58-,60+,61?,62+,63?,64?,67?,69+/m0/s1. The zero-order chi connectivity index (χ0) is 66.9. The molecule has 0 spiro atoms. The molecular weight excluding hydrogens is 1200 g/mol. The molecule has 4 aliphatic rings. The number of cyclic esters (lactones) is 1. The number of allylic oxidation sites excluding steroid dienone is 12. The van der Waals surface area contributed by atoms with Crippen molar-refractivity contribution in [2.24, 2.45) is 17.8 Å². The van der Waals surface area contributed by atoms with Crippen LogP contribution in [0.2, 0.25) is 0 Å². The third-order valence-corrected chi connectivity index (χ3v) is 17.3. The van der Waals surface area contributed by atoms with Gasteiger partial charge in [0.1, 0.15) is 36.4 Å². The number of aliphatic hydroxyl groups is 10. The molecule has 2 bridgehead atoms. The second kappa shape index (κ2) is 33.6. The van der Waals surface area contributed by atoms with Crippen molar-refractivity contribution in [3.63, 3.8) is 0 Å². The van der Waals surface area contributed by atoms with E-state index in [0.717, 1.165) is 22.3 Å². The number of fused-ring (bicyclic) bond motifs is 6. The third-order valence-electron chi connectivity index (χ3n) is 17.3. The summed E-state index contributed by atoms with van der Waals surface area (Å²) >= 11 is 0. The summed E-state index contributed by atoms with van der Waals surface area (Å²) in [6, 6.07) is 20.2. The quantitative estimate of drug-likeness (QED) is 0.0921. The number of carbonyl (C=O) groups excluding carboxylic acids is 3. The van der Waals surface area contributed by atoms with Crippen LogP contribution in [-0.4, -0.2) is 188 Å². The molecule has 502 valence electrons. The van der Waals surface area contributed by atoms with Crippen LogP contribution in [0.4, 0.5) is 4.79 Å². The van der Waals surface area contributed by atoms with E-state index in [-0.39, 0.29) is 48.6 Å². The zero-order valence-electron chi connectivity index (χ0n) is 52.2. The first-order valence-electron chi connectivity index (χ1n) is 31.4. The largest absolute Gasteiger partial charge is 0.462 e. The third kappa shape index (κ3) is 19.4. The van der Waals surface area contributed by atoms with Crippen molar-refractivity contribution in [2.75, 3.05) is 6.61 Å². The molecule has 4 aromatic rings. The number of nitrogens with zero attached hydrogens (tertiary/aromatic N) is 3. The molecule has 93 heavy (non-hydrogen) atoms. The van der Waals surface area contributed by atoms with Crippen LogP contribution in [0.15, 0.2) is 163 Å². The molecule has 3 aliphatic heterocycles. The van der Waals surface area contributed by atoms with E-state index >= 15 is 0 Å². The maximum absolute atomic E-state index is 14.4. The predicted octanol–water partition coefficient (Wildman–Crippen LogP) is 3.97. The van der Waals surface area contributed by atoms with E-state index in [9.17, 15) is 70.2 Å². The van der Waals surface area contributed by atoms with Gasteiger partial charge in [-0.05, 0) is 77.6 Å². The predicted molar refractivity (Wildman–Crippen MR) is 339 cm³/mol. The van der Waals surface area contributed by atoms with Crippen LogP contribution in [-0.2, 0) is 33.3 Å². The number of amides is 1. The minimum Gasteiger partial charge on any atom is -0.462 e. The molecule has 1 aromatic heterocycles. The monoisotopic (exact) mass is 1290 g/mol. The number of rotatable bonds is 7. The van der Waals surface area contributed by atoms with Crippen LogP contribution in [0.25, 0.3) is 22.0 Å². The molecule has 2 fully saturated rings. The Balaban J connectivity index is 1.05. The van der Waals surface area contributed by atoms with Gasteiger partial charge in [-0.2, -0.15) is 0 Å². The van der Waals surface area contributed by atoms with Gasteiger partial charge in [0.2, 0.25) is 0 Å². The van der Waals surface area contributed by atoms with Gasteiger partial charge in [0.15, 0.2) is 12.1 Å². The summed E-state index contributed by atoms with van der Waals surface area (Å²) in [7, 11) is 0. The van der Waals surface area contributed by atoms with Gasteiger partial charge in [-0.15, -0.1) is 5.10 Å². The summed E-state index contributed by atoms with van der Waals surface area (Å²) in [5.74, 6) is -7.43. The average Bonchev–Trinajstić information content (AvgIpc) is 1.73. The van der Waals surface area contributed by atoms with E-state index in [0.29, 0.717) is 4.85 Å². The van der Waals surface area contributed by atoms with Gasteiger partial charge < -0.3 is 84.9 Å². The highest BCUT2D eigenvalue weighted by molar-refractivity contribution is 5.79. The number of ether oxygens (including phenoxy) is 5. The summed E-state index contributed by atoms with van der Waals surface area (Å²) in [5.41, 5.74) is 3.23. The summed E-state index contributed by atoms with van der Waals surface area (Å²) in [5, 5.41) is 124. The molecule has 8 rings (SSSR count). The highest BCUT2D eigenvalue weighted by atomic mass is 16.7. The summed E-state index contributed by atoms with van der Waals surface area (Å²) < 4.78 is 30.1. The maximum Gasteiger partial charge on any atom is 0.407 e. The first-order chi connectivity index (χ1) is 44.5. The van der Waals surface area contributed by atoms with Crippen LogP contribution < -0.4 is 15.7 Å². The molecule has 24 nitrogen and oxygen atoms in total. The molecule has 19 atom stereocenters. The second-order valence-electron chi connectivity index (χ2n) is 24.3. The number of nitrogens with one attached hydrogen (secondary N) is 1. The maximum atomic E-state index is 14.4. The number of hydrogen-bond donors (Lipinski definition) is 11. The fourth-order valence-corrected chi connectivity index (χ4v) is 12.0. The van der Waals surface area contributed by atoms with E-state index in [1.165, 1.54) is 25.1 Å². The Kier molecular flexibility index (Phi) is 25.8. The number of aliphatic hydroxyl groups excluding tert-OH is 9. The first-order valence-corrected chi connectivity index (χ1v) is 31.4. The fraction of sp³-hybridized carbons (Fsp3) is 0.478. The first kappa shape index (κ1) is 71.4. The molecule has 0 saturated carbocycles.